The van der Waals surface area contributed by atoms with E-state index < -0.39 is 0 Å². The Morgan fingerprint density at radius 1 is 1.00 bits per heavy atom. The van der Waals surface area contributed by atoms with Crippen LogP contribution in [0.4, 0.5) is 5.82 Å². The van der Waals surface area contributed by atoms with Gasteiger partial charge in [-0.25, -0.2) is 4.98 Å². The quantitative estimate of drug-likeness (QED) is 0.806. The minimum atomic E-state index is 0.911. The summed E-state index contributed by atoms with van der Waals surface area (Å²) in [5.41, 5.74) is 6.08. The number of nitrogens with one attached hydrogen (secondary N) is 1. The molecule has 5 heteroatoms. The van der Waals surface area contributed by atoms with Crippen LogP contribution in [-0.2, 0) is 13.0 Å². The maximum Gasteiger partial charge on any atom is 0.133 e. The number of pyridine rings is 2. The van der Waals surface area contributed by atoms with E-state index in [1.165, 1.54) is 16.7 Å². The molecule has 4 heterocycles. The van der Waals surface area contributed by atoms with E-state index in [0.717, 1.165) is 69.1 Å². The van der Waals surface area contributed by atoms with Gasteiger partial charge in [-0.15, -0.1) is 0 Å². The minimum absolute atomic E-state index is 0.911. The molecule has 0 bridgehead atoms. The maximum absolute atomic E-state index is 4.65. The Kier molecular flexibility index (Phi) is 6.37. The molecule has 0 spiro atoms. The second-order valence-electron chi connectivity index (χ2n) is 7.87. The van der Waals surface area contributed by atoms with Gasteiger partial charge in [0.25, 0.3) is 0 Å². The molecule has 2 aromatic heterocycles. The first-order valence-electron chi connectivity index (χ1n) is 10.7. The number of hydrogen-bond donors (Lipinski definition) is 1. The molecule has 5 nitrogen and oxygen atoms in total. The summed E-state index contributed by atoms with van der Waals surface area (Å²) >= 11 is 0. The fraction of sp³-hybridized carbons (Fsp3) is 0.417. The highest BCUT2D eigenvalue weighted by atomic mass is 15.3. The first kappa shape index (κ1) is 19.8. The standard InChI is InChI=1S/C24H31N5/c1-3-5-6-19-11-21-13-23(17-27-24(21)26-15-19)22-12-20(14-25-16-22)18-29-9-7-28(4-2)8-10-29/h5-6,12-17H,3-4,7-11,18H2,1-2H3,(H,26,27)/b6-5+. The van der Waals surface area contributed by atoms with Gasteiger partial charge in [-0.3, -0.25) is 9.88 Å². The van der Waals surface area contributed by atoms with Gasteiger partial charge in [0.05, 0.1) is 0 Å². The van der Waals surface area contributed by atoms with E-state index in [2.05, 4.69) is 69.4 Å². The highest BCUT2D eigenvalue weighted by Crippen LogP contribution is 2.28. The molecular formula is C24H31N5. The van der Waals surface area contributed by atoms with Crippen LogP contribution < -0.4 is 5.32 Å². The summed E-state index contributed by atoms with van der Waals surface area (Å²) in [6.07, 6.45) is 14.3. The van der Waals surface area contributed by atoms with Crippen molar-refractivity contribution in [1.82, 2.24) is 19.8 Å². The topological polar surface area (TPSA) is 44.3 Å². The van der Waals surface area contributed by atoms with Crippen LogP contribution >= 0.6 is 0 Å². The van der Waals surface area contributed by atoms with E-state index in [0.29, 0.717) is 0 Å². The second kappa shape index (κ2) is 9.33. The number of hydrogen-bond acceptors (Lipinski definition) is 5. The third-order valence-electron chi connectivity index (χ3n) is 5.77. The molecular weight excluding hydrogens is 358 g/mol. The zero-order chi connectivity index (χ0) is 20.1. The second-order valence-corrected chi connectivity index (χ2v) is 7.87. The lowest BCUT2D eigenvalue weighted by Gasteiger charge is -2.34. The average molecular weight is 390 g/mol. The number of nitrogens with zero attached hydrogens (tertiary/aromatic N) is 4. The molecule has 0 radical (unpaired) electrons. The van der Waals surface area contributed by atoms with Gasteiger partial charge in [0, 0.05) is 75.1 Å². The summed E-state index contributed by atoms with van der Waals surface area (Å²) in [5.74, 6) is 0.959. The number of fused-ring (bicyclic) bond motifs is 1. The number of rotatable bonds is 6. The zero-order valence-electron chi connectivity index (χ0n) is 17.6. The lowest BCUT2D eigenvalue weighted by molar-refractivity contribution is 0.132. The van der Waals surface area contributed by atoms with Crippen molar-refractivity contribution in [3.8, 4) is 11.1 Å². The van der Waals surface area contributed by atoms with Gasteiger partial charge in [-0.05, 0) is 41.8 Å². The van der Waals surface area contributed by atoms with Crippen LogP contribution in [0.1, 0.15) is 31.4 Å². The third-order valence-corrected chi connectivity index (χ3v) is 5.77. The highest BCUT2D eigenvalue weighted by Gasteiger charge is 2.16. The van der Waals surface area contributed by atoms with Crippen molar-refractivity contribution in [1.29, 1.82) is 0 Å². The summed E-state index contributed by atoms with van der Waals surface area (Å²) in [5, 5.41) is 3.32. The van der Waals surface area contributed by atoms with Gasteiger partial charge in [0.1, 0.15) is 5.82 Å². The molecule has 0 unspecified atom stereocenters. The van der Waals surface area contributed by atoms with Crippen LogP contribution in [0, 0.1) is 0 Å². The fourth-order valence-electron chi connectivity index (χ4n) is 3.99. The molecule has 1 saturated heterocycles. The third kappa shape index (κ3) is 4.92. The van der Waals surface area contributed by atoms with E-state index in [1.54, 1.807) is 0 Å². The number of anilines is 1. The number of aromatic nitrogens is 2. The van der Waals surface area contributed by atoms with Crippen LogP contribution in [0.3, 0.4) is 0 Å². The summed E-state index contributed by atoms with van der Waals surface area (Å²) < 4.78 is 0. The SMILES string of the molecule is CC/C=C/C1=CNc2ncc(-c3cncc(CN4CCN(CC)CC4)c3)cc2C1. The molecule has 0 amide bonds. The largest absolute Gasteiger partial charge is 0.346 e. The monoisotopic (exact) mass is 389 g/mol. The van der Waals surface area contributed by atoms with Gasteiger partial charge in [-0.2, -0.15) is 0 Å². The molecule has 4 rings (SSSR count). The van der Waals surface area contributed by atoms with Gasteiger partial charge >= 0.3 is 0 Å². The Labute approximate surface area is 174 Å². The normalized spacial score (nSPS) is 17.8. The van der Waals surface area contributed by atoms with Crippen molar-refractivity contribution in [3.63, 3.8) is 0 Å². The van der Waals surface area contributed by atoms with Crippen LogP contribution in [0.5, 0.6) is 0 Å². The van der Waals surface area contributed by atoms with Gasteiger partial charge < -0.3 is 10.2 Å². The molecule has 0 atom stereocenters. The summed E-state index contributed by atoms with van der Waals surface area (Å²) in [6, 6.07) is 4.52. The molecule has 1 N–H and O–H groups in total. The van der Waals surface area contributed by atoms with Crippen LogP contribution in [-0.4, -0.2) is 52.5 Å². The van der Waals surface area contributed by atoms with Crippen LogP contribution in [0.15, 0.2) is 54.6 Å². The van der Waals surface area contributed by atoms with Gasteiger partial charge in [0.15, 0.2) is 0 Å². The van der Waals surface area contributed by atoms with Crippen molar-refractivity contribution in [2.75, 3.05) is 38.0 Å². The molecule has 0 aromatic carbocycles. The first-order valence-corrected chi connectivity index (χ1v) is 10.7. The Morgan fingerprint density at radius 2 is 1.79 bits per heavy atom. The highest BCUT2D eigenvalue weighted by molar-refractivity contribution is 5.67. The number of allylic oxidation sites excluding steroid dienone is 3. The smallest absolute Gasteiger partial charge is 0.133 e. The molecule has 2 aromatic rings. The molecule has 0 aliphatic carbocycles. The molecule has 2 aliphatic heterocycles. The Bertz CT molecular complexity index is 894. The van der Waals surface area contributed by atoms with Crippen LogP contribution in [0.25, 0.3) is 11.1 Å². The maximum atomic E-state index is 4.65. The van der Waals surface area contributed by atoms with E-state index >= 15 is 0 Å². The zero-order valence-corrected chi connectivity index (χ0v) is 17.6. The summed E-state index contributed by atoms with van der Waals surface area (Å²) in [7, 11) is 0. The Balaban J connectivity index is 1.47. The summed E-state index contributed by atoms with van der Waals surface area (Å²) in [4.78, 5) is 14.2. The van der Waals surface area contributed by atoms with Crippen molar-refractivity contribution in [3.05, 3.63) is 65.8 Å². The first-order chi connectivity index (χ1) is 14.2. The van der Waals surface area contributed by atoms with Crippen molar-refractivity contribution in [2.24, 2.45) is 0 Å². The Hall–Kier alpha value is -2.50. The van der Waals surface area contributed by atoms with Gasteiger partial charge in [0.2, 0.25) is 0 Å². The summed E-state index contributed by atoms with van der Waals surface area (Å²) in [6.45, 7) is 11.1. The number of likely N-dealkylation sites (N-methyl/N-ethyl adjacent to an activating group) is 1. The van der Waals surface area contributed by atoms with Gasteiger partial charge in [-0.1, -0.05) is 26.0 Å². The fourth-order valence-corrected chi connectivity index (χ4v) is 3.99. The molecule has 0 saturated carbocycles. The molecule has 152 valence electrons. The lowest BCUT2D eigenvalue weighted by Crippen LogP contribution is -2.45. The van der Waals surface area contributed by atoms with E-state index in [-0.39, 0.29) is 0 Å². The average Bonchev–Trinajstić information content (AvgIpc) is 2.78. The van der Waals surface area contributed by atoms with Crippen molar-refractivity contribution < 1.29 is 0 Å². The Morgan fingerprint density at radius 3 is 2.59 bits per heavy atom. The van der Waals surface area contributed by atoms with E-state index in [9.17, 15) is 0 Å². The minimum Gasteiger partial charge on any atom is -0.346 e. The molecule has 1 fully saturated rings. The van der Waals surface area contributed by atoms with Crippen molar-refractivity contribution in [2.45, 2.75) is 33.2 Å². The predicted molar refractivity (Wildman–Crippen MR) is 120 cm³/mol. The van der Waals surface area contributed by atoms with Crippen molar-refractivity contribution >= 4 is 5.82 Å². The molecule has 2 aliphatic rings. The van der Waals surface area contributed by atoms with E-state index in [1.807, 2.05) is 18.6 Å². The predicted octanol–water partition coefficient (Wildman–Crippen LogP) is 4.10. The van der Waals surface area contributed by atoms with Crippen LogP contribution in [0.2, 0.25) is 0 Å². The van der Waals surface area contributed by atoms with E-state index in [4.69, 9.17) is 0 Å². The lowest BCUT2D eigenvalue weighted by atomic mass is 9.99. The number of piperazine rings is 1. The molecule has 29 heavy (non-hydrogen) atoms.